The molecular weight excluding hydrogens is 359 g/mol. The van der Waals surface area contributed by atoms with Gasteiger partial charge in [0.1, 0.15) is 5.69 Å². The summed E-state index contributed by atoms with van der Waals surface area (Å²) in [6.45, 7) is 1.22. The largest absolute Gasteiger partial charge is 0.416 e. The summed E-state index contributed by atoms with van der Waals surface area (Å²) in [7, 11) is 0. The Hall–Kier alpha value is -3.42. The number of carbonyl (C=O) groups excluding carboxylic acids is 2. The van der Waals surface area contributed by atoms with Crippen LogP contribution in [-0.4, -0.2) is 16.8 Å². The number of anilines is 2. The maximum Gasteiger partial charge on any atom is 0.416 e. The molecule has 2 aromatic carbocycles. The van der Waals surface area contributed by atoms with Crippen molar-refractivity contribution in [1.29, 1.82) is 0 Å². The number of fused-ring (bicyclic) bond motifs is 1. The van der Waals surface area contributed by atoms with Crippen LogP contribution in [0.3, 0.4) is 0 Å². The third kappa shape index (κ3) is 4.22. The molecule has 0 radical (unpaired) electrons. The van der Waals surface area contributed by atoms with Crippen LogP contribution in [0, 0.1) is 0 Å². The second-order valence-electron chi connectivity index (χ2n) is 5.78. The summed E-state index contributed by atoms with van der Waals surface area (Å²) in [5.74, 6) is -1.17. The molecule has 1 heterocycles. The number of nitrogens with zero attached hydrogens (tertiary/aromatic N) is 1. The molecule has 0 saturated heterocycles. The molecule has 0 aliphatic heterocycles. The minimum atomic E-state index is -4.59. The van der Waals surface area contributed by atoms with Crippen molar-refractivity contribution in [2.24, 2.45) is 0 Å². The van der Waals surface area contributed by atoms with Crippen molar-refractivity contribution in [1.82, 2.24) is 4.98 Å². The van der Waals surface area contributed by atoms with Crippen molar-refractivity contribution in [2.45, 2.75) is 13.1 Å². The van der Waals surface area contributed by atoms with E-state index in [1.54, 1.807) is 18.2 Å². The normalized spacial score (nSPS) is 11.3. The number of hydrogen-bond acceptors (Lipinski definition) is 3. The quantitative estimate of drug-likeness (QED) is 0.712. The van der Waals surface area contributed by atoms with E-state index in [1.165, 1.54) is 13.0 Å². The van der Waals surface area contributed by atoms with Crippen molar-refractivity contribution in [2.75, 3.05) is 10.6 Å². The first-order valence-electron chi connectivity index (χ1n) is 7.90. The van der Waals surface area contributed by atoms with E-state index in [-0.39, 0.29) is 17.1 Å². The Morgan fingerprint density at radius 3 is 2.37 bits per heavy atom. The van der Waals surface area contributed by atoms with Gasteiger partial charge in [0.15, 0.2) is 0 Å². The predicted octanol–water partition coefficient (Wildman–Crippen LogP) is 4.46. The smallest absolute Gasteiger partial charge is 0.325 e. The molecule has 8 heteroatoms. The number of rotatable bonds is 3. The van der Waals surface area contributed by atoms with Crippen molar-refractivity contribution in [3.63, 3.8) is 0 Å². The van der Waals surface area contributed by atoms with Crippen LogP contribution in [0.2, 0.25) is 0 Å². The Kier molecular flexibility index (Phi) is 4.81. The Bertz CT molecular complexity index is 1030. The monoisotopic (exact) mass is 373 g/mol. The molecule has 0 bridgehead atoms. The summed E-state index contributed by atoms with van der Waals surface area (Å²) < 4.78 is 39.0. The second kappa shape index (κ2) is 7.06. The number of amides is 2. The highest BCUT2D eigenvalue weighted by Gasteiger charge is 2.31. The van der Waals surface area contributed by atoms with Gasteiger partial charge in [0.25, 0.3) is 5.91 Å². The standard InChI is InChI=1S/C19H14F3N3O2/c1-11(26)23-15-9-7-13(19(20,21)22)10-17(15)25-18(27)16-8-6-12-4-2-3-5-14(12)24-16/h2-10H,1H3,(H,23,26)(H,25,27). The number of aromatic nitrogens is 1. The van der Waals surface area contributed by atoms with Crippen molar-refractivity contribution in [3.8, 4) is 0 Å². The molecule has 0 aliphatic carbocycles. The van der Waals surface area contributed by atoms with Crippen LogP contribution in [0.15, 0.2) is 54.6 Å². The van der Waals surface area contributed by atoms with Crippen LogP contribution >= 0.6 is 0 Å². The molecule has 1 aromatic heterocycles. The lowest BCUT2D eigenvalue weighted by atomic mass is 10.1. The molecule has 3 rings (SSSR count). The number of hydrogen-bond donors (Lipinski definition) is 2. The number of para-hydroxylation sites is 1. The first-order valence-corrected chi connectivity index (χ1v) is 7.90. The lowest BCUT2D eigenvalue weighted by Gasteiger charge is -2.14. The van der Waals surface area contributed by atoms with Crippen LogP contribution in [0.1, 0.15) is 23.0 Å². The second-order valence-corrected chi connectivity index (χ2v) is 5.78. The lowest BCUT2D eigenvalue weighted by Crippen LogP contribution is -2.17. The fourth-order valence-electron chi connectivity index (χ4n) is 2.50. The van der Waals surface area contributed by atoms with Gasteiger partial charge in [-0.2, -0.15) is 13.2 Å². The molecule has 3 aromatic rings. The Morgan fingerprint density at radius 1 is 0.926 bits per heavy atom. The van der Waals surface area contributed by atoms with Gasteiger partial charge in [0.2, 0.25) is 5.91 Å². The van der Waals surface area contributed by atoms with E-state index in [2.05, 4.69) is 15.6 Å². The summed E-state index contributed by atoms with van der Waals surface area (Å²) in [5, 5.41) is 5.62. The number of alkyl halides is 3. The molecule has 27 heavy (non-hydrogen) atoms. The topological polar surface area (TPSA) is 71.1 Å². The highest BCUT2D eigenvalue weighted by Crippen LogP contribution is 2.34. The molecular formula is C19H14F3N3O2. The Labute approximate surface area is 152 Å². The summed E-state index contributed by atoms with van der Waals surface area (Å²) in [4.78, 5) is 28.0. The molecule has 2 N–H and O–H groups in total. The highest BCUT2D eigenvalue weighted by molar-refractivity contribution is 6.07. The zero-order valence-corrected chi connectivity index (χ0v) is 14.1. The van der Waals surface area contributed by atoms with Gasteiger partial charge in [-0.3, -0.25) is 9.59 Å². The van der Waals surface area contributed by atoms with Crippen LogP contribution in [0.25, 0.3) is 10.9 Å². The lowest BCUT2D eigenvalue weighted by molar-refractivity contribution is -0.137. The molecule has 0 atom stereocenters. The summed E-state index contributed by atoms with van der Waals surface area (Å²) in [6, 6.07) is 13.0. The van der Waals surface area contributed by atoms with Gasteiger partial charge in [-0.25, -0.2) is 4.98 Å². The number of nitrogens with one attached hydrogen (secondary N) is 2. The predicted molar refractivity (Wildman–Crippen MR) is 95.4 cm³/mol. The molecule has 0 spiro atoms. The Balaban J connectivity index is 1.95. The molecule has 0 saturated carbocycles. The van der Waals surface area contributed by atoms with Crippen molar-refractivity contribution in [3.05, 3.63) is 65.9 Å². The SMILES string of the molecule is CC(=O)Nc1ccc(C(F)(F)F)cc1NC(=O)c1ccc2ccccc2n1. The van der Waals surface area contributed by atoms with Crippen molar-refractivity contribution < 1.29 is 22.8 Å². The minimum absolute atomic E-state index is 0.0416. The average molecular weight is 373 g/mol. The van der Waals surface area contributed by atoms with E-state index in [4.69, 9.17) is 0 Å². The zero-order chi connectivity index (χ0) is 19.6. The van der Waals surface area contributed by atoms with E-state index in [1.807, 2.05) is 12.1 Å². The maximum absolute atomic E-state index is 13.0. The van der Waals surface area contributed by atoms with E-state index in [0.717, 1.165) is 23.6 Å². The van der Waals surface area contributed by atoms with Crippen LogP contribution in [0.5, 0.6) is 0 Å². The molecule has 0 aliphatic rings. The zero-order valence-electron chi connectivity index (χ0n) is 14.1. The third-order valence-electron chi connectivity index (χ3n) is 3.74. The van der Waals surface area contributed by atoms with E-state index < -0.39 is 23.6 Å². The first-order chi connectivity index (χ1) is 12.7. The van der Waals surface area contributed by atoms with Crippen LogP contribution in [-0.2, 0) is 11.0 Å². The average Bonchev–Trinajstić information content (AvgIpc) is 2.61. The Morgan fingerprint density at radius 2 is 1.67 bits per heavy atom. The molecule has 0 fully saturated rings. The van der Waals surface area contributed by atoms with E-state index in [0.29, 0.717) is 5.52 Å². The summed E-state index contributed by atoms with van der Waals surface area (Å²) in [5.41, 5.74) is -0.431. The molecule has 5 nitrogen and oxygen atoms in total. The van der Waals surface area contributed by atoms with Gasteiger partial charge in [0, 0.05) is 12.3 Å². The van der Waals surface area contributed by atoms with Gasteiger partial charge in [-0.05, 0) is 30.3 Å². The van der Waals surface area contributed by atoms with Crippen LogP contribution in [0.4, 0.5) is 24.5 Å². The number of carbonyl (C=O) groups is 2. The maximum atomic E-state index is 13.0. The van der Waals surface area contributed by atoms with Gasteiger partial charge >= 0.3 is 6.18 Å². The fourth-order valence-corrected chi connectivity index (χ4v) is 2.50. The van der Waals surface area contributed by atoms with Crippen molar-refractivity contribution >= 4 is 34.1 Å². The summed E-state index contributed by atoms with van der Waals surface area (Å²) in [6.07, 6.45) is -4.59. The minimum Gasteiger partial charge on any atom is -0.325 e. The van der Waals surface area contributed by atoms with Gasteiger partial charge in [-0.1, -0.05) is 24.3 Å². The number of benzene rings is 2. The van der Waals surface area contributed by atoms with E-state index >= 15 is 0 Å². The fraction of sp³-hybridized carbons (Fsp3) is 0.105. The van der Waals surface area contributed by atoms with Crippen LogP contribution < -0.4 is 10.6 Å². The highest BCUT2D eigenvalue weighted by atomic mass is 19.4. The molecule has 0 unspecified atom stereocenters. The van der Waals surface area contributed by atoms with Gasteiger partial charge in [-0.15, -0.1) is 0 Å². The number of pyridine rings is 1. The third-order valence-corrected chi connectivity index (χ3v) is 3.74. The number of halogens is 3. The van der Waals surface area contributed by atoms with Gasteiger partial charge < -0.3 is 10.6 Å². The van der Waals surface area contributed by atoms with Gasteiger partial charge in [0.05, 0.1) is 22.5 Å². The molecule has 2 amide bonds. The summed E-state index contributed by atoms with van der Waals surface area (Å²) >= 11 is 0. The van der Waals surface area contributed by atoms with E-state index in [9.17, 15) is 22.8 Å². The first kappa shape index (κ1) is 18.4. The molecule has 138 valence electrons.